The molecule has 0 radical (unpaired) electrons. The summed E-state index contributed by atoms with van der Waals surface area (Å²) in [5.41, 5.74) is 8.65. The molecule has 1 heterocycles. The van der Waals surface area contributed by atoms with Crippen LogP contribution in [-0.2, 0) is 6.42 Å². The number of hydrogen-bond donors (Lipinski definition) is 1. The molecule has 0 amide bonds. The van der Waals surface area contributed by atoms with E-state index in [2.05, 4.69) is 22.1 Å². The van der Waals surface area contributed by atoms with Gasteiger partial charge in [0, 0.05) is 12.4 Å². The van der Waals surface area contributed by atoms with Gasteiger partial charge >= 0.3 is 0 Å². The van der Waals surface area contributed by atoms with E-state index in [-0.39, 0.29) is 0 Å². The molecule has 3 nitrogen and oxygen atoms in total. The number of aryl methyl sites for hydroxylation is 1. The van der Waals surface area contributed by atoms with E-state index < -0.39 is 0 Å². The third kappa shape index (κ3) is 1.88. The van der Waals surface area contributed by atoms with Crippen LogP contribution < -0.4 is 5.73 Å². The van der Waals surface area contributed by atoms with Crippen LogP contribution in [0.3, 0.4) is 0 Å². The summed E-state index contributed by atoms with van der Waals surface area (Å²) in [5, 5.41) is 0. The van der Waals surface area contributed by atoms with E-state index in [0.29, 0.717) is 0 Å². The Morgan fingerprint density at radius 1 is 1.07 bits per heavy atom. The Balaban J connectivity index is 2.32. The van der Waals surface area contributed by atoms with Crippen molar-refractivity contribution in [3.05, 3.63) is 36.2 Å². The first-order valence-corrected chi connectivity index (χ1v) is 4.80. The molecule has 3 heteroatoms. The third-order valence-electron chi connectivity index (χ3n) is 2.20. The molecule has 72 valence electrons. The van der Waals surface area contributed by atoms with Gasteiger partial charge in [-0.3, -0.25) is 9.97 Å². The quantitative estimate of drug-likeness (QED) is 0.792. The fourth-order valence-corrected chi connectivity index (χ4v) is 1.47. The highest BCUT2D eigenvalue weighted by molar-refractivity contribution is 5.74. The second-order valence-electron chi connectivity index (χ2n) is 3.27. The van der Waals surface area contributed by atoms with E-state index in [9.17, 15) is 0 Å². The zero-order valence-corrected chi connectivity index (χ0v) is 7.98. The molecule has 0 spiro atoms. The Labute approximate surface area is 83.0 Å². The Hall–Kier alpha value is -1.48. The highest BCUT2D eigenvalue weighted by atomic mass is 14.8. The van der Waals surface area contributed by atoms with Gasteiger partial charge in [0.2, 0.25) is 0 Å². The molecule has 0 aliphatic heterocycles. The van der Waals surface area contributed by atoms with E-state index in [0.717, 1.165) is 30.4 Å². The second kappa shape index (κ2) is 4.15. The van der Waals surface area contributed by atoms with Gasteiger partial charge in [-0.2, -0.15) is 0 Å². The maximum atomic E-state index is 5.46. The van der Waals surface area contributed by atoms with Crippen LogP contribution >= 0.6 is 0 Å². The molecule has 0 saturated heterocycles. The van der Waals surface area contributed by atoms with Crippen molar-refractivity contribution in [1.29, 1.82) is 0 Å². The normalized spacial score (nSPS) is 10.6. The minimum atomic E-state index is 0.735. The minimum absolute atomic E-state index is 0.735. The number of benzene rings is 1. The summed E-state index contributed by atoms with van der Waals surface area (Å²) in [4.78, 5) is 8.47. The van der Waals surface area contributed by atoms with Crippen LogP contribution in [-0.4, -0.2) is 16.5 Å². The lowest BCUT2D eigenvalue weighted by Crippen LogP contribution is -2.00. The lowest BCUT2D eigenvalue weighted by Gasteiger charge is -2.01. The molecule has 0 aliphatic carbocycles. The summed E-state index contributed by atoms with van der Waals surface area (Å²) in [5.74, 6) is 0. The lowest BCUT2D eigenvalue weighted by atomic mass is 10.1. The van der Waals surface area contributed by atoms with Crippen molar-refractivity contribution in [3.63, 3.8) is 0 Å². The van der Waals surface area contributed by atoms with Crippen LogP contribution in [0.15, 0.2) is 30.6 Å². The van der Waals surface area contributed by atoms with Crippen LogP contribution in [0.1, 0.15) is 12.0 Å². The average Bonchev–Trinajstić information content (AvgIpc) is 2.26. The number of rotatable bonds is 3. The Kier molecular flexibility index (Phi) is 2.70. The number of hydrogen-bond acceptors (Lipinski definition) is 3. The summed E-state index contributed by atoms with van der Waals surface area (Å²) >= 11 is 0. The third-order valence-corrected chi connectivity index (χ3v) is 2.20. The molecule has 2 aromatic rings. The van der Waals surface area contributed by atoms with Crippen LogP contribution in [0.25, 0.3) is 11.0 Å². The van der Waals surface area contributed by atoms with Gasteiger partial charge in [-0.1, -0.05) is 6.07 Å². The molecule has 0 fully saturated rings. The monoisotopic (exact) mass is 187 g/mol. The van der Waals surface area contributed by atoms with Gasteiger partial charge in [0.05, 0.1) is 11.0 Å². The average molecular weight is 187 g/mol. The molecule has 1 aromatic carbocycles. The maximum Gasteiger partial charge on any atom is 0.0889 e. The SMILES string of the molecule is NCCCc1ccc2nccnc2c1. The number of aromatic nitrogens is 2. The summed E-state index contributed by atoms with van der Waals surface area (Å²) < 4.78 is 0. The molecule has 14 heavy (non-hydrogen) atoms. The first kappa shape index (κ1) is 9.09. The lowest BCUT2D eigenvalue weighted by molar-refractivity contribution is 0.833. The zero-order valence-electron chi connectivity index (χ0n) is 7.98. The summed E-state index contributed by atoms with van der Waals surface area (Å²) in [6.07, 6.45) is 5.46. The first-order valence-electron chi connectivity index (χ1n) is 4.80. The van der Waals surface area contributed by atoms with Crippen molar-refractivity contribution in [3.8, 4) is 0 Å². The van der Waals surface area contributed by atoms with Crippen LogP contribution in [0, 0.1) is 0 Å². The Morgan fingerprint density at radius 3 is 2.64 bits per heavy atom. The Bertz CT molecular complexity index is 426. The van der Waals surface area contributed by atoms with Crippen molar-refractivity contribution in [2.24, 2.45) is 5.73 Å². The van der Waals surface area contributed by atoms with E-state index in [1.165, 1.54) is 5.56 Å². The van der Waals surface area contributed by atoms with Crippen molar-refractivity contribution in [2.75, 3.05) is 6.54 Å². The van der Waals surface area contributed by atoms with Gasteiger partial charge in [0.1, 0.15) is 0 Å². The molecule has 0 unspecified atom stereocenters. The molecule has 0 saturated carbocycles. The fraction of sp³-hybridized carbons (Fsp3) is 0.273. The van der Waals surface area contributed by atoms with E-state index in [4.69, 9.17) is 5.73 Å². The van der Waals surface area contributed by atoms with Crippen LogP contribution in [0.4, 0.5) is 0 Å². The topological polar surface area (TPSA) is 51.8 Å². The number of nitrogens with zero attached hydrogens (tertiary/aromatic N) is 2. The largest absolute Gasteiger partial charge is 0.330 e. The van der Waals surface area contributed by atoms with Gasteiger partial charge in [-0.25, -0.2) is 0 Å². The minimum Gasteiger partial charge on any atom is -0.330 e. The molecule has 0 atom stereocenters. The molecular formula is C11H13N3. The summed E-state index contributed by atoms with van der Waals surface area (Å²) in [7, 11) is 0. The summed E-state index contributed by atoms with van der Waals surface area (Å²) in [6.45, 7) is 0.735. The number of fused-ring (bicyclic) bond motifs is 1. The van der Waals surface area contributed by atoms with Crippen molar-refractivity contribution in [2.45, 2.75) is 12.8 Å². The van der Waals surface area contributed by atoms with Gasteiger partial charge < -0.3 is 5.73 Å². The van der Waals surface area contributed by atoms with Crippen molar-refractivity contribution in [1.82, 2.24) is 9.97 Å². The predicted molar refractivity (Wildman–Crippen MR) is 56.9 cm³/mol. The predicted octanol–water partition coefficient (Wildman–Crippen LogP) is 1.52. The second-order valence-corrected chi connectivity index (χ2v) is 3.27. The smallest absolute Gasteiger partial charge is 0.0889 e. The highest BCUT2D eigenvalue weighted by Gasteiger charge is 1.97. The first-order chi connectivity index (χ1) is 6.90. The standard InChI is InChI=1S/C11H13N3/c12-5-1-2-9-3-4-10-11(8-9)14-7-6-13-10/h3-4,6-8H,1-2,5,12H2. The van der Waals surface area contributed by atoms with Gasteiger partial charge in [0.25, 0.3) is 0 Å². The summed E-state index contributed by atoms with van der Waals surface area (Å²) in [6, 6.07) is 6.18. The molecule has 1 aromatic heterocycles. The molecule has 0 aliphatic rings. The molecular weight excluding hydrogens is 174 g/mol. The van der Waals surface area contributed by atoms with Crippen LogP contribution in [0.2, 0.25) is 0 Å². The Morgan fingerprint density at radius 2 is 1.86 bits per heavy atom. The van der Waals surface area contributed by atoms with Crippen LogP contribution in [0.5, 0.6) is 0 Å². The number of nitrogens with two attached hydrogens (primary N) is 1. The highest BCUT2D eigenvalue weighted by Crippen LogP contribution is 2.11. The maximum absolute atomic E-state index is 5.46. The molecule has 0 bridgehead atoms. The fourth-order valence-electron chi connectivity index (χ4n) is 1.47. The van der Waals surface area contributed by atoms with E-state index in [1.807, 2.05) is 6.07 Å². The molecule has 2 N–H and O–H groups in total. The van der Waals surface area contributed by atoms with Gasteiger partial charge in [-0.15, -0.1) is 0 Å². The van der Waals surface area contributed by atoms with E-state index in [1.54, 1.807) is 12.4 Å². The van der Waals surface area contributed by atoms with Gasteiger partial charge in [0.15, 0.2) is 0 Å². The van der Waals surface area contributed by atoms with E-state index >= 15 is 0 Å². The van der Waals surface area contributed by atoms with Crippen molar-refractivity contribution < 1.29 is 0 Å². The molecule has 2 rings (SSSR count). The zero-order chi connectivity index (χ0) is 9.80. The van der Waals surface area contributed by atoms with Gasteiger partial charge in [-0.05, 0) is 37.1 Å². The van der Waals surface area contributed by atoms with Crippen molar-refractivity contribution >= 4 is 11.0 Å².